The summed E-state index contributed by atoms with van der Waals surface area (Å²) in [6.45, 7) is 13.6. The molecule has 396 valence electrons. The molecule has 0 heterocycles. The van der Waals surface area contributed by atoms with Gasteiger partial charge in [-0.2, -0.15) is 0 Å². The maximum absolute atomic E-state index is 7.23. The van der Waals surface area contributed by atoms with Gasteiger partial charge in [0.15, 0.2) is 0 Å². The second-order valence-corrected chi connectivity index (χ2v) is 23.4. The van der Waals surface area contributed by atoms with Crippen molar-refractivity contribution in [3.63, 3.8) is 0 Å². The predicted octanol–water partition coefficient (Wildman–Crippen LogP) is 21.4. The molecule has 0 fully saturated rings. The van der Waals surface area contributed by atoms with Gasteiger partial charge in [-0.1, -0.05) is 260 Å². The maximum atomic E-state index is 7.23. The highest BCUT2D eigenvalue weighted by Gasteiger charge is 2.30. The van der Waals surface area contributed by atoms with Gasteiger partial charge in [-0.05, 0) is 106 Å². The number of rotatable bonds is 22. The lowest BCUT2D eigenvalue weighted by molar-refractivity contribution is 0.385. The van der Waals surface area contributed by atoms with E-state index >= 15 is 0 Å². The third-order valence-electron chi connectivity index (χ3n) is 14.4. The van der Waals surface area contributed by atoms with E-state index in [1.54, 1.807) is 11.8 Å². The van der Waals surface area contributed by atoms with Crippen LogP contribution in [0.3, 0.4) is 0 Å². The first-order chi connectivity index (χ1) is 38.5. The van der Waals surface area contributed by atoms with Crippen molar-refractivity contribution in [3.05, 3.63) is 266 Å². The van der Waals surface area contributed by atoms with E-state index in [2.05, 4.69) is 151 Å². The van der Waals surface area contributed by atoms with Crippen LogP contribution in [-0.2, 0) is 10.8 Å². The van der Waals surface area contributed by atoms with Crippen LogP contribution in [0.25, 0.3) is 44.5 Å². The zero-order valence-corrected chi connectivity index (χ0v) is 48.0. The lowest BCUT2D eigenvalue weighted by Crippen LogP contribution is -2.16. The summed E-state index contributed by atoms with van der Waals surface area (Å²) in [4.78, 5) is 1.72. The Kier molecular flexibility index (Phi) is 17.5. The molecule has 0 radical (unpaired) electrons. The zero-order valence-electron chi connectivity index (χ0n) is 45.4. The van der Waals surface area contributed by atoms with Gasteiger partial charge in [0.05, 0.1) is 9.79 Å². The van der Waals surface area contributed by atoms with E-state index in [1.807, 2.05) is 146 Å². The zero-order chi connectivity index (χ0) is 54.6. The fourth-order valence-corrected chi connectivity index (χ4v) is 12.2. The molecule has 0 aliphatic rings. The highest BCUT2D eigenvalue weighted by Crippen LogP contribution is 2.54. The van der Waals surface area contributed by atoms with Crippen LogP contribution in [0, 0.1) is 0 Å². The molecule has 9 heteroatoms. The number of hydrogen-bond donors (Lipinski definition) is 0. The third-order valence-corrected chi connectivity index (χ3v) is 17.5. The van der Waals surface area contributed by atoms with E-state index in [1.165, 1.54) is 0 Å². The first-order valence-corrected chi connectivity index (χ1v) is 29.8. The summed E-state index contributed by atoms with van der Waals surface area (Å²) in [7, 11) is -4.33. The highest BCUT2D eigenvalue weighted by molar-refractivity contribution is 7.99. The molecule has 0 amide bonds. The molecule has 0 saturated carbocycles. The van der Waals surface area contributed by atoms with Crippen LogP contribution in [0.5, 0.6) is 34.5 Å². The lowest BCUT2D eigenvalue weighted by atomic mass is 9.82. The monoisotopic (exact) mass is 1090 g/mol. The van der Waals surface area contributed by atoms with Gasteiger partial charge >= 0.3 is 17.2 Å². The average Bonchev–Trinajstić information content (AvgIpc) is 3.50. The second-order valence-electron chi connectivity index (χ2n) is 20.3. The van der Waals surface area contributed by atoms with Crippen molar-refractivity contribution >= 4 is 29.0 Å². The topological polar surface area (TPSA) is 55.4 Å². The van der Waals surface area contributed by atoms with E-state index in [0.29, 0.717) is 34.5 Å². The minimum atomic E-state index is -2.17. The molecule has 0 aliphatic carbocycles. The minimum absolute atomic E-state index is 0.158. The molecule has 6 nitrogen and oxygen atoms in total. The first kappa shape index (κ1) is 54.6. The van der Waals surface area contributed by atoms with Crippen molar-refractivity contribution < 1.29 is 27.1 Å². The molecule has 10 aromatic rings. The van der Waals surface area contributed by atoms with Crippen molar-refractivity contribution in [1.29, 1.82) is 0 Å². The van der Waals surface area contributed by atoms with Gasteiger partial charge in [0, 0.05) is 22.3 Å². The number of benzene rings is 10. The van der Waals surface area contributed by atoms with E-state index in [0.717, 1.165) is 78.3 Å². The van der Waals surface area contributed by atoms with Crippen molar-refractivity contribution in [2.75, 3.05) is 0 Å². The second kappa shape index (κ2) is 25.3. The summed E-state index contributed by atoms with van der Waals surface area (Å²) in [6.07, 6.45) is 1.84. The van der Waals surface area contributed by atoms with Crippen LogP contribution >= 0.6 is 29.0 Å². The van der Waals surface area contributed by atoms with Gasteiger partial charge in [0.2, 0.25) is 0 Å². The van der Waals surface area contributed by atoms with Crippen LogP contribution < -0.4 is 27.1 Å². The molecule has 0 aromatic heterocycles. The molecule has 0 saturated heterocycles. The fourth-order valence-electron chi connectivity index (χ4n) is 8.90. The average molecular weight is 1100 g/mol. The molecular weight excluding hydrogens is 1030 g/mol. The summed E-state index contributed by atoms with van der Waals surface area (Å²) in [5.41, 5.74) is 9.76. The molecule has 0 atom stereocenters. The van der Waals surface area contributed by atoms with Crippen LogP contribution in [0.2, 0.25) is 0 Å². The molecule has 0 aliphatic heterocycles. The molecule has 79 heavy (non-hydrogen) atoms. The first-order valence-electron chi connectivity index (χ1n) is 26.8. The third kappa shape index (κ3) is 13.4. The van der Waals surface area contributed by atoms with Crippen molar-refractivity contribution in [1.82, 2.24) is 0 Å². The van der Waals surface area contributed by atoms with E-state index in [9.17, 15) is 0 Å². The Hall–Kier alpha value is -7.79. The molecule has 10 rings (SSSR count). The van der Waals surface area contributed by atoms with E-state index in [-0.39, 0.29) is 10.8 Å². The molecule has 0 N–H and O–H groups in total. The maximum Gasteiger partial charge on any atom is 0.530 e. The van der Waals surface area contributed by atoms with Crippen LogP contribution in [0.15, 0.2) is 265 Å². The Morgan fingerprint density at radius 1 is 0.291 bits per heavy atom. The molecule has 10 aromatic carbocycles. The van der Waals surface area contributed by atoms with Crippen LogP contribution in [0.1, 0.15) is 65.5 Å². The van der Waals surface area contributed by atoms with Crippen molar-refractivity contribution in [2.45, 2.75) is 75.0 Å². The summed E-state index contributed by atoms with van der Waals surface area (Å²) < 4.78 is 42.6. The lowest BCUT2D eigenvalue weighted by Gasteiger charge is -2.27. The molecular formula is C70H64O6P2S. The Labute approximate surface area is 473 Å². The largest absolute Gasteiger partial charge is 0.530 e. The van der Waals surface area contributed by atoms with Gasteiger partial charge in [0.25, 0.3) is 0 Å². The Bertz CT molecular complexity index is 3190. The summed E-state index contributed by atoms with van der Waals surface area (Å²) in [6, 6.07) is 86.1. The van der Waals surface area contributed by atoms with Crippen LogP contribution in [-0.4, -0.2) is 0 Å². The molecule has 0 unspecified atom stereocenters. The highest BCUT2D eigenvalue weighted by atomic mass is 32.2. The van der Waals surface area contributed by atoms with Gasteiger partial charge in [0.1, 0.15) is 34.5 Å². The van der Waals surface area contributed by atoms with Gasteiger partial charge in [-0.25, -0.2) is 0 Å². The van der Waals surface area contributed by atoms with E-state index < -0.39 is 17.2 Å². The molecule has 0 bridgehead atoms. The van der Waals surface area contributed by atoms with Gasteiger partial charge in [-0.15, -0.1) is 0 Å². The normalized spacial score (nSPS) is 11.5. The Balaban J connectivity index is 1.09. The predicted molar refractivity (Wildman–Crippen MR) is 329 cm³/mol. The fraction of sp³-hybridized carbons (Fsp3) is 0.143. The quantitative estimate of drug-likeness (QED) is 0.0627. The Morgan fingerprint density at radius 3 is 0.797 bits per heavy atom. The van der Waals surface area contributed by atoms with Crippen molar-refractivity contribution in [2.24, 2.45) is 0 Å². The standard InChI is InChI=1S/C70H64O6P2S/c1-7-69(3,4)55-45-47-65(75-77(71-61-41-25-21-37-57(61)51-29-13-9-14-30-51)72-62-42-26-22-38-58(62)52-31-15-10-16-32-52)67(49-55)79-68-50-56(70(5,6)8-2)46-48-66(68)76-78(73-63-43-27-23-39-59(63)53-33-17-11-18-34-53)74-64-44-28-24-40-60(64)54-35-19-12-20-36-54/h9-50H,7-8H2,1-6H3. The molecule has 0 spiro atoms. The van der Waals surface area contributed by atoms with Gasteiger partial charge in [-0.3, -0.25) is 0 Å². The Morgan fingerprint density at radius 2 is 0.532 bits per heavy atom. The summed E-state index contributed by atoms with van der Waals surface area (Å²) in [5, 5.41) is 0. The van der Waals surface area contributed by atoms with Crippen molar-refractivity contribution in [3.8, 4) is 79.0 Å². The number of para-hydroxylation sites is 4. The smallest absolute Gasteiger partial charge is 0.408 e. The summed E-state index contributed by atoms with van der Waals surface area (Å²) in [5.74, 6) is 3.73. The number of hydrogen-bond acceptors (Lipinski definition) is 7. The van der Waals surface area contributed by atoms with Gasteiger partial charge < -0.3 is 27.1 Å². The minimum Gasteiger partial charge on any atom is -0.408 e. The van der Waals surface area contributed by atoms with E-state index in [4.69, 9.17) is 27.1 Å². The SMILES string of the molecule is CCC(C)(C)c1ccc(OP(Oc2ccccc2-c2ccccc2)Oc2ccccc2-c2ccccc2)c(Sc2cc(C(C)(C)CC)ccc2OP(Oc2ccccc2-c2ccccc2)Oc2ccccc2-c2ccccc2)c1. The summed E-state index contributed by atoms with van der Waals surface area (Å²) >= 11 is 1.58. The van der Waals surface area contributed by atoms with Crippen LogP contribution in [0.4, 0.5) is 0 Å².